The summed E-state index contributed by atoms with van der Waals surface area (Å²) in [7, 11) is 0. The molecule has 0 fully saturated rings. The fraction of sp³-hybridized carbons (Fsp3) is 0.538. The van der Waals surface area contributed by atoms with Crippen LogP contribution in [0.15, 0.2) is 37.0 Å². The Hall–Kier alpha value is -0.780. The minimum absolute atomic E-state index is 1.15. The third-order valence-corrected chi connectivity index (χ3v) is 0.703. The third kappa shape index (κ3) is 53.6. The van der Waals surface area contributed by atoms with Crippen LogP contribution >= 0.6 is 0 Å². The molecule has 0 rings (SSSR count). The second kappa shape index (κ2) is 43.0. The highest BCUT2D eigenvalue weighted by Gasteiger charge is 1.68. The highest BCUT2D eigenvalue weighted by atomic mass is 13.8. The van der Waals surface area contributed by atoms with Gasteiger partial charge in [0, 0.05) is 0 Å². The van der Waals surface area contributed by atoms with Crippen LogP contribution in [0.1, 0.15) is 48.5 Å². The molecule has 0 nitrogen and oxygen atoms in total. The standard InChI is InChI=1S/C7H10.3C2H6/c1-4-6-7(3)5-2;3*1-2/h4-6H,1-2H2,3H3;3*1-2H3/b7-6-;;;. The normalized spacial score (nSPS) is 7.15. The third-order valence-electron chi connectivity index (χ3n) is 0.703. The van der Waals surface area contributed by atoms with Crippen LogP contribution in [-0.2, 0) is 0 Å². The lowest BCUT2D eigenvalue weighted by atomic mass is 10.3. The Morgan fingerprint density at radius 1 is 0.846 bits per heavy atom. The van der Waals surface area contributed by atoms with Crippen LogP contribution in [0.4, 0.5) is 0 Å². The summed E-state index contributed by atoms with van der Waals surface area (Å²) in [6.07, 6.45) is 5.45. The SMILES string of the molecule is C=C/C=C(/C)C=C.CC.CC.CC. The van der Waals surface area contributed by atoms with Crippen molar-refractivity contribution in [3.63, 3.8) is 0 Å². The molecule has 0 heteroatoms. The zero-order chi connectivity index (χ0) is 11.7. The van der Waals surface area contributed by atoms with Crippen LogP contribution in [0.2, 0.25) is 0 Å². The van der Waals surface area contributed by atoms with Crippen LogP contribution in [-0.4, -0.2) is 0 Å². The van der Waals surface area contributed by atoms with E-state index in [0.717, 1.165) is 5.57 Å². The minimum Gasteiger partial charge on any atom is -0.0991 e. The van der Waals surface area contributed by atoms with E-state index < -0.39 is 0 Å². The van der Waals surface area contributed by atoms with Gasteiger partial charge in [-0.3, -0.25) is 0 Å². The molecule has 0 atom stereocenters. The molecule has 0 N–H and O–H groups in total. The molecule has 0 heterocycles. The van der Waals surface area contributed by atoms with E-state index in [1.165, 1.54) is 0 Å². The monoisotopic (exact) mass is 184 g/mol. The van der Waals surface area contributed by atoms with E-state index in [4.69, 9.17) is 0 Å². The van der Waals surface area contributed by atoms with Crippen LogP contribution in [0, 0.1) is 0 Å². The van der Waals surface area contributed by atoms with Crippen LogP contribution in [0.5, 0.6) is 0 Å². The molecular weight excluding hydrogens is 156 g/mol. The summed E-state index contributed by atoms with van der Waals surface area (Å²) in [5, 5.41) is 0. The molecule has 0 amide bonds. The summed E-state index contributed by atoms with van der Waals surface area (Å²) in [6, 6.07) is 0. The molecular formula is C13H28. The van der Waals surface area contributed by atoms with Crippen molar-refractivity contribution < 1.29 is 0 Å². The number of hydrogen-bond acceptors (Lipinski definition) is 0. The van der Waals surface area contributed by atoms with E-state index in [0.29, 0.717) is 0 Å². The average molecular weight is 184 g/mol. The molecule has 0 unspecified atom stereocenters. The van der Waals surface area contributed by atoms with Crippen molar-refractivity contribution in [1.29, 1.82) is 0 Å². The van der Waals surface area contributed by atoms with Gasteiger partial charge in [-0.2, -0.15) is 0 Å². The molecule has 80 valence electrons. The maximum absolute atomic E-state index is 3.56. The van der Waals surface area contributed by atoms with E-state index in [1.807, 2.05) is 54.5 Å². The van der Waals surface area contributed by atoms with Gasteiger partial charge < -0.3 is 0 Å². The molecule has 0 bridgehead atoms. The zero-order valence-corrected chi connectivity index (χ0v) is 10.6. The fourth-order valence-corrected chi connectivity index (χ4v) is 0.254. The molecule has 13 heavy (non-hydrogen) atoms. The highest BCUT2D eigenvalue weighted by Crippen LogP contribution is 1.90. The van der Waals surface area contributed by atoms with Gasteiger partial charge in [0.1, 0.15) is 0 Å². The van der Waals surface area contributed by atoms with Crippen LogP contribution in [0.3, 0.4) is 0 Å². The molecule has 0 aliphatic carbocycles. The highest BCUT2D eigenvalue weighted by molar-refractivity contribution is 5.17. The summed E-state index contributed by atoms with van der Waals surface area (Å²) < 4.78 is 0. The van der Waals surface area contributed by atoms with Gasteiger partial charge in [-0.1, -0.05) is 78.5 Å². The predicted octanol–water partition coefficient (Wildman–Crippen LogP) is 5.38. The Labute approximate surface area is 86.1 Å². The van der Waals surface area contributed by atoms with Crippen molar-refractivity contribution in [2.24, 2.45) is 0 Å². The summed E-state index contributed by atoms with van der Waals surface area (Å²) in [5.74, 6) is 0. The molecule has 0 aromatic carbocycles. The first-order chi connectivity index (χ1) is 6.31. The van der Waals surface area contributed by atoms with Gasteiger partial charge in [0.25, 0.3) is 0 Å². The van der Waals surface area contributed by atoms with Gasteiger partial charge in [-0.05, 0) is 6.92 Å². The van der Waals surface area contributed by atoms with Gasteiger partial charge in [0.15, 0.2) is 0 Å². The van der Waals surface area contributed by atoms with Gasteiger partial charge >= 0.3 is 0 Å². The summed E-state index contributed by atoms with van der Waals surface area (Å²) in [4.78, 5) is 0. The second-order valence-corrected chi connectivity index (χ2v) is 1.35. The largest absolute Gasteiger partial charge is 0.0991 e. The lowest BCUT2D eigenvalue weighted by molar-refractivity contribution is 1.50. The predicted molar refractivity (Wildman–Crippen MR) is 68.2 cm³/mol. The van der Waals surface area contributed by atoms with E-state index >= 15 is 0 Å². The van der Waals surface area contributed by atoms with Gasteiger partial charge in [0.2, 0.25) is 0 Å². The second-order valence-electron chi connectivity index (χ2n) is 1.35. The lowest BCUT2D eigenvalue weighted by Gasteiger charge is -1.80. The summed E-state index contributed by atoms with van der Waals surface area (Å²) >= 11 is 0. The van der Waals surface area contributed by atoms with Gasteiger partial charge in [-0.25, -0.2) is 0 Å². The van der Waals surface area contributed by atoms with E-state index in [9.17, 15) is 0 Å². The van der Waals surface area contributed by atoms with Crippen LogP contribution < -0.4 is 0 Å². The average Bonchev–Trinajstić information content (AvgIpc) is 2.27. The lowest BCUT2D eigenvalue weighted by Crippen LogP contribution is -1.58. The molecule has 0 spiro atoms. The van der Waals surface area contributed by atoms with Gasteiger partial charge in [-0.15, -0.1) is 0 Å². The smallest absolute Gasteiger partial charge is 0.0398 e. The maximum atomic E-state index is 3.56. The first-order valence-corrected chi connectivity index (χ1v) is 5.23. The van der Waals surface area contributed by atoms with E-state index in [-0.39, 0.29) is 0 Å². The van der Waals surface area contributed by atoms with Crippen molar-refractivity contribution >= 4 is 0 Å². The Morgan fingerprint density at radius 3 is 1.23 bits per heavy atom. The van der Waals surface area contributed by atoms with Crippen molar-refractivity contribution in [2.45, 2.75) is 48.5 Å². The fourth-order valence-electron chi connectivity index (χ4n) is 0.254. The molecule has 0 saturated heterocycles. The summed E-state index contributed by atoms with van der Waals surface area (Å²) in [6.45, 7) is 21.1. The Bertz CT molecular complexity index is 96.6. The van der Waals surface area contributed by atoms with Crippen molar-refractivity contribution in [3.05, 3.63) is 37.0 Å². The summed E-state index contributed by atoms with van der Waals surface area (Å²) in [5.41, 5.74) is 1.15. The Morgan fingerprint density at radius 2 is 1.15 bits per heavy atom. The van der Waals surface area contributed by atoms with E-state index in [2.05, 4.69) is 13.2 Å². The quantitative estimate of drug-likeness (QED) is 0.505. The first kappa shape index (κ1) is 22.8. The number of allylic oxidation sites excluding steroid dienone is 4. The van der Waals surface area contributed by atoms with E-state index in [1.54, 1.807) is 12.2 Å². The van der Waals surface area contributed by atoms with Gasteiger partial charge in [0.05, 0.1) is 0 Å². The van der Waals surface area contributed by atoms with Crippen molar-refractivity contribution in [3.8, 4) is 0 Å². The number of hydrogen-bond donors (Lipinski definition) is 0. The molecule has 0 aromatic heterocycles. The Balaban J connectivity index is -0.0000000573. The molecule has 0 radical (unpaired) electrons. The number of rotatable bonds is 2. The molecule has 0 saturated carbocycles. The topological polar surface area (TPSA) is 0 Å². The van der Waals surface area contributed by atoms with Crippen molar-refractivity contribution in [2.75, 3.05) is 0 Å². The molecule has 0 aliphatic heterocycles. The zero-order valence-electron chi connectivity index (χ0n) is 10.6. The Kier molecular flexibility index (Phi) is 75.3. The maximum Gasteiger partial charge on any atom is -0.0398 e. The first-order valence-electron chi connectivity index (χ1n) is 5.23. The van der Waals surface area contributed by atoms with Crippen molar-refractivity contribution in [1.82, 2.24) is 0 Å². The minimum atomic E-state index is 1.15. The molecule has 0 aromatic rings. The van der Waals surface area contributed by atoms with Crippen LogP contribution in [0.25, 0.3) is 0 Å². The molecule has 0 aliphatic rings.